The minimum absolute atomic E-state index is 0.346. The Kier molecular flexibility index (Phi) is 2.27. The molecule has 0 saturated carbocycles. The molecular weight excluding hydrogens is 236 g/mol. The standard InChI is InChI=1S/C16H18N2O/c1-18-7-6-10-2-4-15-16(13(10)9-18)12-8-11(19)3-5-14(12)17-15/h2-8,12,14-17,19H,9H2,1H3. The Morgan fingerprint density at radius 2 is 2.05 bits per heavy atom. The monoisotopic (exact) mass is 254 g/mol. The molecule has 4 rings (SSSR count). The van der Waals surface area contributed by atoms with Crippen LogP contribution in [-0.4, -0.2) is 35.7 Å². The molecule has 4 atom stereocenters. The summed E-state index contributed by atoms with van der Waals surface area (Å²) in [6.07, 6.45) is 14.8. The highest BCUT2D eigenvalue weighted by atomic mass is 16.3. The van der Waals surface area contributed by atoms with Gasteiger partial charge in [0.15, 0.2) is 0 Å². The maximum atomic E-state index is 9.78. The Morgan fingerprint density at radius 3 is 2.95 bits per heavy atom. The van der Waals surface area contributed by atoms with Gasteiger partial charge in [0.05, 0.1) is 0 Å². The van der Waals surface area contributed by atoms with E-state index in [0.717, 1.165) is 6.54 Å². The molecule has 3 nitrogen and oxygen atoms in total. The van der Waals surface area contributed by atoms with Gasteiger partial charge in [-0.1, -0.05) is 18.2 Å². The van der Waals surface area contributed by atoms with E-state index in [1.54, 1.807) is 6.08 Å². The second kappa shape index (κ2) is 3.87. The van der Waals surface area contributed by atoms with E-state index in [9.17, 15) is 5.11 Å². The van der Waals surface area contributed by atoms with Gasteiger partial charge in [-0.25, -0.2) is 0 Å². The summed E-state index contributed by atoms with van der Waals surface area (Å²) in [5, 5.41) is 13.4. The van der Waals surface area contributed by atoms with Gasteiger partial charge in [-0.3, -0.25) is 0 Å². The molecule has 2 heterocycles. The van der Waals surface area contributed by atoms with Crippen molar-refractivity contribution in [1.29, 1.82) is 0 Å². The summed E-state index contributed by atoms with van der Waals surface area (Å²) >= 11 is 0. The van der Waals surface area contributed by atoms with Crippen LogP contribution in [-0.2, 0) is 0 Å². The van der Waals surface area contributed by atoms with E-state index in [0.29, 0.717) is 29.7 Å². The molecule has 0 aromatic heterocycles. The summed E-state index contributed by atoms with van der Waals surface area (Å²) in [7, 11) is 2.11. The quantitative estimate of drug-likeness (QED) is 0.693. The minimum Gasteiger partial charge on any atom is -0.508 e. The van der Waals surface area contributed by atoms with Crippen LogP contribution >= 0.6 is 0 Å². The third-order valence-electron chi connectivity index (χ3n) is 4.62. The molecule has 0 spiro atoms. The number of hydrogen-bond donors (Lipinski definition) is 2. The van der Waals surface area contributed by atoms with E-state index >= 15 is 0 Å². The van der Waals surface area contributed by atoms with Crippen molar-refractivity contribution < 1.29 is 5.11 Å². The van der Waals surface area contributed by atoms with Crippen LogP contribution < -0.4 is 5.32 Å². The van der Waals surface area contributed by atoms with Crippen molar-refractivity contribution in [3.05, 3.63) is 59.6 Å². The van der Waals surface area contributed by atoms with Crippen molar-refractivity contribution in [1.82, 2.24) is 10.2 Å². The molecule has 4 unspecified atom stereocenters. The first kappa shape index (κ1) is 11.1. The van der Waals surface area contributed by atoms with E-state index < -0.39 is 0 Å². The van der Waals surface area contributed by atoms with Gasteiger partial charge in [-0.2, -0.15) is 0 Å². The predicted molar refractivity (Wildman–Crippen MR) is 75.5 cm³/mol. The average Bonchev–Trinajstić information content (AvgIpc) is 2.76. The second-order valence-corrected chi connectivity index (χ2v) is 5.84. The summed E-state index contributed by atoms with van der Waals surface area (Å²) in [5.41, 5.74) is 2.85. The molecule has 0 amide bonds. The predicted octanol–water partition coefficient (Wildman–Crippen LogP) is 1.90. The molecule has 4 aliphatic rings. The van der Waals surface area contributed by atoms with Crippen molar-refractivity contribution in [3.8, 4) is 0 Å². The average molecular weight is 254 g/mol. The summed E-state index contributed by atoms with van der Waals surface area (Å²) in [4.78, 5) is 2.23. The Bertz CT molecular complexity index is 567. The Labute approximate surface area is 113 Å². The molecule has 98 valence electrons. The third kappa shape index (κ3) is 1.61. The molecule has 0 radical (unpaired) electrons. The fourth-order valence-electron chi connectivity index (χ4n) is 3.77. The van der Waals surface area contributed by atoms with E-state index in [1.807, 2.05) is 6.08 Å². The Balaban J connectivity index is 1.76. The van der Waals surface area contributed by atoms with Gasteiger partial charge in [0.1, 0.15) is 5.76 Å². The van der Waals surface area contributed by atoms with E-state index in [1.165, 1.54) is 11.1 Å². The molecule has 0 aromatic carbocycles. The van der Waals surface area contributed by atoms with Crippen molar-refractivity contribution in [2.45, 2.75) is 12.1 Å². The molecule has 19 heavy (non-hydrogen) atoms. The molecule has 2 N–H and O–H groups in total. The summed E-state index contributed by atoms with van der Waals surface area (Å²) in [5.74, 6) is 1.23. The number of allylic oxidation sites excluding steroid dienone is 4. The lowest BCUT2D eigenvalue weighted by Crippen LogP contribution is -2.34. The molecule has 2 aliphatic carbocycles. The lowest BCUT2D eigenvalue weighted by atomic mass is 9.75. The highest BCUT2D eigenvalue weighted by molar-refractivity contribution is 5.47. The Hall–Kier alpha value is -1.74. The molecule has 2 aliphatic heterocycles. The van der Waals surface area contributed by atoms with Gasteiger partial charge < -0.3 is 15.3 Å². The van der Waals surface area contributed by atoms with Crippen LogP contribution in [0, 0.1) is 11.8 Å². The number of hydrogen-bond acceptors (Lipinski definition) is 3. The van der Waals surface area contributed by atoms with E-state index in [4.69, 9.17) is 0 Å². The fraction of sp³-hybridized carbons (Fsp3) is 0.375. The molecule has 1 saturated heterocycles. The van der Waals surface area contributed by atoms with Gasteiger partial charge in [-0.05, 0) is 35.6 Å². The van der Waals surface area contributed by atoms with Crippen molar-refractivity contribution >= 4 is 0 Å². The van der Waals surface area contributed by atoms with Crippen molar-refractivity contribution in [2.75, 3.05) is 13.6 Å². The molecule has 0 aromatic rings. The van der Waals surface area contributed by atoms with Crippen LogP contribution in [0.15, 0.2) is 59.6 Å². The van der Waals surface area contributed by atoms with Crippen molar-refractivity contribution in [2.24, 2.45) is 11.8 Å². The third-order valence-corrected chi connectivity index (χ3v) is 4.62. The van der Waals surface area contributed by atoms with Crippen LogP contribution in [0.4, 0.5) is 0 Å². The first-order valence-corrected chi connectivity index (χ1v) is 6.87. The maximum absolute atomic E-state index is 9.78. The lowest BCUT2D eigenvalue weighted by Gasteiger charge is -2.34. The molecular formula is C16H18N2O. The maximum Gasteiger partial charge on any atom is 0.111 e. The van der Waals surface area contributed by atoms with Crippen LogP contribution in [0.3, 0.4) is 0 Å². The molecule has 1 fully saturated rings. The molecule has 3 heteroatoms. The minimum atomic E-state index is 0.346. The van der Waals surface area contributed by atoms with Crippen molar-refractivity contribution in [3.63, 3.8) is 0 Å². The summed E-state index contributed by atoms with van der Waals surface area (Å²) < 4.78 is 0. The summed E-state index contributed by atoms with van der Waals surface area (Å²) in [6.45, 7) is 0.987. The number of nitrogens with one attached hydrogen (secondary N) is 1. The summed E-state index contributed by atoms with van der Waals surface area (Å²) in [6, 6.07) is 0.735. The Morgan fingerprint density at radius 1 is 1.21 bits per heavy atom. The van der Waals surface area contributed by atoms with Gasteiger partial charge in [-0.15, -0.1) is 0 Å². The number of rotatable bonds is 0. The fourth-order valence-corrected chi connectivity index (χ4v) is 3.77. The van der Waals surface area contributed by atoms with Crippen LogP contribution in [0.25, 0.3) is 0 Å². The largest absolute Gasteiger partial charge is 0.508 e. The van der Waals surface area contributed by atoms with Crippen LogP contribution in [0.5, 0.6) is 0 Å². The number of aliphatic hydroxyl groups is 1. The highest BCUT2D eigenvalue weighted by Crippen LogP contribution is 2.42. The zero-order chi connectivity index (χ0) is 13.0. The number of aliphatic hydroxyl groups excluding tert-OH is 1. The number of fused-ring (bicyclic) bond motifs is 4. The molecule has 0 bridgehead atoms. The van der Waals surface area contributed by atoms with Crippen LogP contribution in [0.2, 0.25) is 0 Å². The smallest absolute Gasteiger partial charge is 0.111 e. The van der Waals surface area contributed by atoms with Gasteiger partial charge >= 0.3 is 0 Å². The normalized spacial score (nSPS) is 39.0. The first-order valence-electron chi connectivity index (χ1n) is 6.87. The zero-order valence-electron chi connectivity index (χ0n) is 11.0. The number of likely N-dealkylation sites (N-methyl/N-ethyl adjacent to an activating group) is 1. The second-order valence-electron chi connectivity index (χ2n) is 5.84. The topological polar surface area (TPSA) is 35.5 Å². The van der Waals surface area contributed by atoms with Crippen LogP contribution in [0.1, 0.15) is 0 Å². The zero-order valence-corrected chi connectivity index (χ0v) is 11.0. The highest BCUT2D eigenvalue weighted by Gasteiger charge is 2.44. The van der Waals surface area contributed by atoms with E-state index in [2.05, 4.69) is 47.8 Å². The lowest BCUT2D eigenvalue weighted by molar-refractivity contribution is 0.386. The number of nitrogens with zero attached hydrogens (tertiary/aromatic N) is 1. The van der Waals surface area contributed by atoms with Gasteiger partial charge in [0.25, 0.3) is 0 Å². The first-order chi connectivity index (χ1) is 9.22. The van der Waals surface area contributed by atoms with E-state index in [-0.39, 0.29) is 0 Å². The SMILES string of the molecule is CN1C=CC2=C(C1)C1C(C=C2)NC2C=CC(O)=CC21. The van der Waals surface area contributed by atoms with Gasteiger partial charge in [0, 0.05) is 37.5 Å². The van der Waals surface area contributed by atoms with Gasteiger partial charge in [0.2, 0.25) is 0 Å².